The fraction of sp³-hybridized carbons (Fsp3) is 0.286. The van der Waals surface area contributed by atoms with E-state index >= 15 is 0 Å². The first-order valence-electron chi connectivity index (χ1n) is 6.02. The second-order valence-corrected chi connectivity index (χ2v) is 4.20. The summed E-state index contributed by atoms with van der Waals surface area (Å²) in [7, 11) is 0. The third-order valence-corrected chi connectivity index (χ3v) is 2.61. The highest BCUT2D eigenvalue weighted by Crippen LogP contribution is 2.20. The molecule has 0 aliphatic heterocycles. The number of hydrogen-bond donors (Lipinski definition) is 1. The molecule has 0 bridgehead atoms. The minimum atomic E-state index is -0.195. The summed E-state index contributed by atoms with van der Waals surface area (Å²) < 4.78 is 5.18. The van der Waals surface area contributed by atoms with E-state index in [4.69, 9.17) is 4.52 Å². The Balaban J connectivity index is 2.15. The lowest BCUT2D eigenvalue weighted by molar-refractivity contribution is 0.0944. The van der Waals surface area contributed by atoms with Crippen LogP contribution in [0.5, 0.6) is 0 Å². The molecule has 0 spiro atoms. The Morgan fingerprint density at radius 2 is 2.06 bits per heavy atom. The molecule has 0 aliphatic carbocycles. The fourth-order valence-corrected chi connectivity index (χ4v) is 1.57. The Bertz CT molecular complexity index is 529. The molecule has 2 rings (SSSR count). The average Bonchev–Trinajstić information content (AvgIpc) is 2.86. The number of hydrogen-bond acceptors (Lipinski definition) is 3. The molecule has 18 heavy (non-hydrogen) atoms. The number of nitrogens with zero attached hydrogens (tertiary/aromatic N) is 1. The van der Waals surface area contributed by atoms with E-state index in [9.17, 15) is 4.79 Å². The summed E-state index contributed by atoms with van der Waals surface area (Å²) >= 11 is 0. The van der Waals surface area contributed by atoms with E-state index in [0.717, 1.165) is 12.0 Å². The molecule has 1 N–H and O–H groups in total. The van der Waals surface area contributed by atoms with Crippen LogP contribution < -0.4 is 5.32 Å². The molecule has 1 aromatic carbocycles. The van der Waals surface area contributed by atoms with Crippen molar-refractivity contribution in [1.29, 1.82) is 0 Å². The summed E-state index contributed by atoms with van der Waals surface area (Å²) in [5.41, 5.74) is 2.42. The van der Waals surface area contributed by atoms with Crippen LogP contribution in [0.25, 0.3) is 11.3 Å². The molecule has 0 fully saturated rings. The van der Waals surface area contributed by atoms with Crippen LogP contribution in [0.2, 0.25) is 0 Å². The lowest BCUT2D eigenvalue weighted by Crippen LogP contribution is -2.24. The Labute approximate surface area is 106 Å². The molecule has 0 atom stereocenters. The van der Waals surface area contributed by atoms with Crippen LogP contribution in [0.15, 0.2) is 34.9 Å². The summed E-state index contributed by atoms with van der Waals surface area (Å²) in [5.74, 6) is 0.413. The Morgan fingerprint density at radius 1 is 1.33 bits per heavy atom. The van der Waals surface area contributed by atoms with Crippen molar-refractivity contribution in [2.75, 3.05) is 6.54 Å². The molecule has 0 saturated heterocycles. The normalized spacial score (nSPS) is 10.3. The van der Waals surface area contributed by atoms with E-state index in [1.807, 2.05) is 38.1 Å². The maximum absolute atomic E-state index is 11.7. The van der Waals surface area contributed by atoms with E-state index in [1.54, 1.807) is 6.07 Å². The predicted octanol–water partition coefficient (Wildman–Crippen LogP) is 2.79. The van der Waals surface area contributed by atoms with Crippen LogP contribution >= 0.6 is 0 Å². The van der Waals surface area contributed by atoms with Gasteiger partial charge in [-0.1, -0.05) is 41.9 Å². The summed E-state index contributed by atoms with van der Waals surface area (Å²) in [6.07, 6.45) is 0.897. The molecular weight excluding hydrogens is 228 g/mol. The highest BCUT2D eigenvalue weighted by atomic mass is 16.5. The maximum Gasteiger partial charge on any atom is 0.273 e. The zero-order valence-corrected chi connectivity index (χ0v) is 10.6. The molecule has 1 amide bonds. The van der Waals surface area contributed by atoms with Crippen LogP contribution in [0, 0.1) is 6.92 Å². The molecule has 2 aromatic rings. The van der Waals surface area contributed by atoms with Gasteiger partial charge in [-0.25, -0.2) is 0 Å². The molecule has 94 valence electrons. The summed E-state index contributed by atoms with van der Waals surface area (Å²) in [4.78, 5) is 11.7. The third kappa shape index (κ3) is 2.77. The lowest BCUT2D eigenvalue weighted by Gasteiger charge is -1.97. The van der Waals surface area contributed by atoms with Crippen LogP contribution in [-0.4, -0.2) is 17.6 Å². The predicted molar refractivity (Wildman–Crippen MR) is 69.3 cm³/mol. The molecule has 0 radical (unpaired) electrons. The molecule has 0 unspecified atom stereocenters. The molecule has 4 nitrogen and oxygen atoms in total. The first kappa shape index (κ1) is 12.4. The monoisotopic (exact) mass is 244 g/mol. The van der Waals surface area contributed by atoms with E-state index < -0.39 is 0 Å². The van der Waals surface area contributed by atoms with Gasteiger partial charge in [-0.2, -0.15) is 0 Å². The highest BCUT2D eigenvalue weighted by Gasteiger charge is 2.12. The molecule has 4 heteroatoms. The quantitative estimate of drug-likeness (QED) is 0.899. The maximum atomic E-state index is 11.7. The molecule has 1 aromatic heterocycles. The van der Waals surface area contributed by atoms with Crippen molar-refractivity contribution in [2.24, 2.45) is 0 Å². The van der Waals surface area contributed by atoms with Gasteiger partial charge in [0.1, 0.15) is 0 Å². The number of nitrogens with one attached hydrogen (secondary N) is 1. The number of rotatable bonds is 4. The zero-order valence-electron chi connectivity index (χ0n) is 10.6. The van der Waals surface area contributed by atoms with Crippen molar-refractivity contribution in [3.05, 3.63) is 41.6 Å². The smallest absolute Gasteiger partial charge is 0.273 e. The number of amides is 1. The highest BCUT2D eigenvalue weighted by molar-refractivity contribution is 5.93. The van der Waals surface area contributed by atoms with Crippen molar-refractivity contribution < 1.29 is 9.32 Å². The van der Waals surface area contributed by atoms with Crippen LogP contribution in [0.3, 0.4) is 0 Å². The van der Waals surface area contributed by atoms with Crippen molar-refractivity contribution in [2.45, 2.75) is 20.3 Å². The second-order valence-electron chi connectivity index (χ2n) is 4.20. The Hall–Kier alpha value is -2.10. The van der Waals surface area contributed by atoms with Gasteiger partial charge in [-0.05, 0) is 13.3 Å². The van der Waals surface area contributed by atoms with E-state index in [-0.39, 0.29) is 5.91 Å². The van der Waals surface area contributed by atoms with Gasteiger partial charge in [-0.3, -0.25) is 4.79 Å². The summed E-state index contributed by atoms with van der Waals surface area (Å²) in [6, 6.07) is 9.55. The van der Waals surface area contributed by atoms with Gasteiger partial charge in [-0.15, -0.1) is 0 Å². The van der Waals surface area contributed by atoms with Crippen LogP contribution in [-0.2, 0) is 0 Å². The Kier molecular flexibility index (Phi) is 3.77. The van der Waals surface area contributed by atoms with Gasteiger partial charge in [0.2, 0.25) is 0 Å². The number of carbonyl (C=O) groups is 1. The number of aryl methyl sites for hydroxylation is 1. The number of aromatic nitrogens is 1. The van der Waals surface area contributed by atoms with Gasteiger partial charge >= 0.3 is 0 Å². The van der Waals surface area contributed by atoms with Crippen molar-refractivity contribution in [3.63, 3.8) is 0 Å². The van der Waals surface area contributed by atoms with Crippen molar-refractivity contribution in [1.82, 2.24) is 10.5 Å². The number of benzene rings is 1. The SMILES string of the molecule is CCCNC(=O)c1cc(-c2ccc(C)cc2)on1. The molecule has 0 saturated carbocycles. The average molecular weight is 244 g/mol. The minimum Gasteiger partial charge on any atom is -0.355 e. The van der Waals surface area contributed by atoms with Gasteiger partial charge in [0, 0.05) is 18.2 Å². The molecule has 1 heterocycles. The zero-order chi connectivity index (χ0) is 13.0. The number of carbonyl (C=O) groups excluding carboxylic acids is 1. The largest absolute Gasteiger partial charge is 0.355 e. The van der Waals surface area contributed by atoms with E-state index in [0.29, 0.717) is 18.0 Å². The minimum absolute atomic E-state index is 0.195. The Morgan fingerprint density at radius 3 is 2.72 bits per heavy atom. The van der Waals surface area contributed by atoms with Gasteiger partial charge in [0.25, 0.3) is 5.91 Å². The van der Waals surface area contributed by atoms with Crippen LogP contribution in [0.1, 0.15) is 29.4 Å². The molecule has 0 aliphatic rings. The first-order valence-corrected chi connectivity index (χ1v) is 6.02. The lowest BCUT2D eigenvalue weighted by atomic mass is 10.1. The van der Waals surface area contributed by atoms with E-state index in [2.05, 4.69) is 10.5 Å². The second kappa shape index (κ2) is 5.49. The van der Waals surface area contributed by atoms with Gasteiger partial charge in [0.05, 0.1) is 0 Å². The first-order chi connectivity index (χ1) is 8.70. The topological polar surface area (TPSA) is 55.1 Å². The van der Waals surface area contributed by atoms with Crippen LogP contribution in [0.4, 0.5) is 0 Å². The fourth-order valence-electron chi connectivity index (χ4n) is 1.57. The molecular formula is C14H16N2O2. The van der Waals surface area contributed by atoms with Gasteiger partial charge in [0.15, 0.2) is 11.5 Å². The van der Waals surface area contributed by atoms with Crippen molar-refractivity contribution in [3.8, 4) is 11.3 Å². The third-order valence-electron chi connectivity index (χ3n) is 2.61. The van der Waals surface area contributed by atoms with E-state index in [1.165, 1.54) is 5.56 Å². The summed E-state index contributed by atoms with van der Waals surface area (Å²) in [5, 5.41) is 6.54. The van der Waals surface area contributed by atoms with Gasteiger partial charge < -0.3 is 9.84 Å². The summed E-state index contributed by atoms with van der Waals surface area (Å²) in [6.45, 7) is 4.67. The van der Waals surface area contributed by atoms with Crippen molar-refractivity contribution >= 4 is 5.91 Å². The standard InChI is InChI=1S/C14H16N2O2/c1-3-8-15-14(17)12-9-13(18-16-12)11-6-4-10(2)5-7-11/h4-7,9H,3,8H2,1-2H3,(H,15,17).